The molecule has 2 nitrogen and oxygen atoms in total. The second kappa shape index (κ2) is 5.80. The SMILES string of the molecule is CCC(C)c1ccc(C(N)CC(C)=O)cc1. The predicted octanol–water partition coefficient (Wildman–Crippen LogP) is 3.18. The topological polar surface area (TPSA) is 43.1 Å². The lowest BCUT2D eigenvalue weighted by atomic mass is 9.95. The first-order valence-electron chi connectivity index (χ1n) is 5.89. The van der Waals surface area contributed by atoms with Crippen LogP contribution in [0, 0.1) is 0 Å². The second-order valence-electron chi connectivity index (χ2n) is 4.49. The van der Waals surface area contributed by atoms with E-state index in [9.17, 15) is 4.79 Å². The largest absolute Gasteiger partial charge is 0.324 e. The Bertz CT molecular complexity index is 342. The van der Waals surface area contributed by atoms with Crippen molar-refractivity contribution >= 4 is 5.78 Å². The molecule has 0 spiro atoms. The summed E-state index contributed by atoms with van der Waals surface area (Å²) in [5.74, 6) is 0.719. The third-order valence-electron chi connectivity index (χ3n) is 3.05. The van der Waals surface area contributed by atoms with E-state index in [-0.39, 0.29) is 11.8 Å². The summed E-state index contributed by atoms with van der Waals surface area (Å²) in [6.45, 7) is 5.97. The van der Waals surface area contributed by atoms with Gasteiger partial charge in [-0.3, -0.25) is 4.79 Å². The molecular formula is C14H21NO. The number of benzene rings is 1. The fourth-order valence-electron chi connectivity index (χ4n) is 1.73. The van der Waals surface area contributed by atoms with Crippen LogP contribution >= 0.6 is 0 Å². The van der Waals surface area contributed by atoms with Gasteiger partial charge >= 0.3 is 0 Å². The summed E-state index contributed by atoms with van der Waals surface area (Å²) in [5, 5.41) is 0. The highest BCUT2D eigenvalue weighted by molar-refractivity contribution is 5.76. The zero-order valence-electron chi connectivity index (χ0n) is 10.4. The standard InChI is InChI=1S/C14H21NO/c1-4-10(2)12-5-7-13(8-6-12)14(15)9-11(3)16/h5-8,10,14H,4,9,15H2,1-3H3. The molecule has 0 amide bonds. The van der Waals surface area contributed by atoms with Gasteiger partial charge in [0.15, 0.2) is 0 Å². The molecule has 1 rings (SSSR count). The highest BCUT2D eigenvalue weighted by atomic mass is 16.1. The molecule has 2 N–H and O–H groups in total. The predicted molar refractivity (Wildman–Crippen MR) is 67.4 cm³/mol. The Balaban J connectivity index is 2.74. The van der Waals surface area contributed by atoms with Gasteiger partial charge in [-0.1, -0.05) is 38.1 Å². The van der Waals surface area contributed by atoms with Crippen LogP contribution in [0.3, 0.4) is 0 Å². The molecule has 2 unspecified atom stereocenters. The minimum Gasteiger partial charge on any atom is -0.324 e. The van der Waals surface area contributed by atoms with Crippen molar-refractivity contribution in [2.45, 2.75) is 45.6 Å². The Morgan fingerprint density at radius 2 is 1.75 bits per heavy atom. The van der Waals surface area contributed by atoms with Crippen LogP contribution in [-0.4, -0.2) is 5.78 Å². The van der Waals surface area contributed by atoms with E-state index >= 15 is 0 Å². The van der Waals surface area contributed by atoms with E-state index in [1.165, 1.54) is 5.56 Å². The van der Waals surface area contributed by atoms with Gasteiger partial charge in [-0.2, -0.15) is 0 Å². The fraction of sp³-hybridized carbons (Fsp3) is 0.500. The van der Waals surface area contributed by atoms with Crippen LogP contribution in [0.2, 0.25) is 0 Å². The van der Waals surface area contributed by atoms with Crippen molar-refractivity contribution < 1.29 is 4.79 Å². The number of hydrogen-bond donors (Lipinski definition) is 1. The lowest BCUT2D eigenvalue weighted by molar-refractivity contribution is -0.117. The van der Waals surface area contributed by atoms with E-state index in [1.807, 2.05) is 12.1 Å². The van der Waals surface area contributed by atoms with Crippen LogP contribution in [0.15, 0.2) is 24.3 Å². The number of carbonyl (C=O) groups excluding carboxylic acids is 1. The van der Waals surface area contributed by atoms with E-state index in [1.54, 1.807) is 6.92 Å². The van der Waals surface area contributed by atoms with Gasteiger partial charge in [-0.05, 0) is 30.4 Å². The molecule has 1 aromatic rings. The molecule has 2 atom stereocenters. The van der Waals surface area contributed by atoms with Crippen molar-refractivity contribution in [1.82, 2.24) is 0 Å². The van der Waals surface area contributed by atoms with Crippen LogP contribution in [0.4, 0.5) is 0 Å². The number of hydrogen-bond acceptors (Lipinski definition) is 2. The molecule has 0 fully saturated rings. The zero-order chi connectivity index (χ0) is 12.1. The molecule has 16 heavy (non-hydrogen) atoms. The molecule has 1 aromatic carbocycles. The number of nitrogens with two attached hydrogens (primary N) is 1. The van der Waals surface area contributed by atoms with Crippen LogP contribution < -0.4 is 5.73 Å². The number of rotatable bonds is 5. The zero-order valence-corrected chi connectivity index (χ0v) is 10.4. The monoisotopic (exact) mass is 219 g/mol. The fourth-order valence-corrected chi connectivity index (χ4v) is 1.73. The summed E-state index contributed by atoms with van der Waals surface area (Å²) in [7, 11) is 0. The second-order valence-corrected chi connectivity index (χ2v) is 4.49. The third kappa shape index (κ3) is 3.46. The first-order valence-corrected chi connectivity index (χ1v) is 5.89. The van der Waals surface area contributed by atoms with Gasteiger partial charge < -0.3 is 5.73 Å². The maximum Gasteiger partial charge on any atom is 0.131 e. The van der Waals surface area contributed by atoms with Crippen molar-refractivity contribution in [3.8, 4) is 0 Å². The highest BCUT2D eigenvalue weighted by Gasteiger charge is 2.09. The Morgan fingerprint density at radius 3 is 2.19 bits per heavy atom. The summed E-state index contributed by atoms with van der Waals surface area (Å²) in [5.41, 5.74) is 8.31. The average molecular weight is 219 g/mol. The van der Waals surface area contributed by atoms with Crippen molar-refractivity contribution in [2.75, 3.05) is 0 Å². The maximum absolute atomic E-state index is 11.0. The molecule has 0 aliphatic carbocycles. The van der Waals surface area contributed by atoms with Gasteiger partial charge in [0.25, 0.3) is 0 Å². The van der Waals surface area contributed by atoms with Gasteiger partial charge in [-0.25, -0.2) is 0 Å². The van der Waals surface area contributed by atoms with Crippen LogP contribution in [0.5, 0.6) is 0 Å². The molecule has 0 aliphatic rings. The normalized spacial score (nSPS) is 14.5. The Hall–Kier alpha value is -1.15. The molecule has 0 aromatic heterocycles. The molecule has 88 valence electrons. The van der Waals surface area contributed by atoms with E-state index in [0.29, 0.717) is 12.3 Å². The van der Waals surface area contributed by atoms with E-state index < -0.39 is 0 Å². The summed E-state index contributed by atoms with van der Waals surface area (Å²) in [6, 6.07) is 8.14. The molecular weight excluding hydrogens is 198 g/mol. The maximum atomic E-state index is 11.0. The third-order valence-corrected chi connectivity index (χ3v) is 3.05. The first kappa shape index (κ1) is 12.9. The Kier molecular flexibility index (Phi) is 4.69. The van der Waals surface area contributed by atoms with Gasteiger partial charge in [-0.15, -0.1) is 0 Å². The van der Waals surface area contributed by atoms with E-state index in [4.69, 9.17) is 5.73 Å². The lowest BCUT2D eigenvalue weighted by Gasteiger charge is -2.13. The van der Waals surface area contributed by atoms with E-state index in [2.05, 4.69) is 26.0 Å². The smallest absolute Gasteiger partial charge is 0.131 e. The molecule has 0 heterocycles. The minimum atomic E-state index is -0.163. The molecule has 0 bridgehead atoms. The van der Waals surface area contributed by atoms with Crippen molar-refractivity contribution in [3.05, 3.63) is 35.4 Å². The van der Waals surface area contributed by atoms with Crippen molar-refractivity contribution in [3.63, 3.8) is 0 Å². The van der Waals surface area contributed by atoms with Gasteiger partial charge in [0.2, 0.25) is 0 Å². The van der Waals surface area contributed by atoms with Gasteiger partial charge in [0, 0.05) is 12.5 Å². The van der Waals surface area contributed by atoms with Crippen LogP contribution in [-0.2, 0) is 4.79 Å². The number of carbonyl (C=O) groups is 1. The summed E-state index contributed by atoms with van der Waals surface area (Å²) < 4.78 is 0. The molecule has 0 aliphatic heterocycles. The van der Waals surface area contributed by atoms with Crippen LogP contribution in [0.1, 0.15) is 56.7 Å². The number of Topliss-reactive ketones (excluding diaryl/α,β-unsaturated/α-hetero) is 1. The van der Waals surface area contributed by atoms with Crippen molar-refractivity contribution in [2.24, 2.45) is 5.73 Å². The summed E-state index contributed by atoms with van der Waals surface area (Å²) >= 11 is 0. The summed E-state index contributed by atoms with van der Waals surface area (Å²) in [4.78, 5) is 11.0. The van der Waals surface area contributed by atoms with E-state index in [0.717, 1.165) is 12.0 Å². The molecule has 0 saturated carbocycles. The molecule has 0 saturated heterocycles. The van der Waals surface area contributed by atoms with Crippen molar-refractivity contribution in [1.29, 1.82) is 0 Å². The number of ketones is 1. The first-order chi connectivity index (χ1) is 7.54. The highest BCUT2D eigenvalue weighted by Crippen LogP contribution is 2.21. The Labute approximate surface area is 97.9 Å². The lowest BCUT2D eigenvalue weighted by Crippen LogP contribution is -2.13. The van der Waals surface area contributed by atoms with Gasteiger partial charge in [0.05, 0.1) is 0 Å². The molecule has 2 heteroatoms. The van der Waals surface area contributed by atoms with Gasteiger partial charge in [0.1, 0.15) is 5.78 Å². The quantitative estimate of drug-likeness (QED) is 0.826. The summed E-state index contributed by atoms with van der Waals surface area (Å²) in [6.07, 6.45) is 1.56. The minimum absolute atomic E-state index is 0.138. The Morgan fingerprint density at radius 1 is 1.25 bits per heavy atom. The average Bonchev–Trinajstić information content (AvgIpc) is 2.27. The van der Waals surface area contributed by atoms with Crippen LogP contribution in [0.25, 0.3) is 0 Å². The molecule has 0 radical (unpaired) electrons.